The molecule has 0 aliphatic carbocycles. The summed E-state index contributed by atoms with van der Waals surface area (Å²) in [6, 6.07) is -0.138. The first-order valence-electron chi connectivity index (χ1n) is 3.61. The highest BCUT2D eigenvalue weighted by atomic mass is 19.1. The molecule has 0 aromatic carbocycles. The summed E-state index contributed by atoms with van der Waals surface area (Å²) in [4.78, 5) is 0. The molecule has 1 saturated heterocycles. The molecule has 0 saturated carbocycles. The van der Waals surface area contributed by atoms with Gasteiger partial charge < -0.3 is 10.1 Å². The summed E-state index contributed by atoms with van der Waals surface area (Å²) in [7, 11) is 0. The highest BCUT2D eigenvalue weighted by Crippen LogP contribution is 2.15. The molecule has 0 amide bonds. The van der Waals surface area contributed by atoms with Gasteiger partial charge in [-0.2, -0.15) is 0 Å². The van der Waals surface area contributed by atoms with Crippen LogP contribution in [-0.4, -0.2) is 31.5 Å². The van der Waals surface area contributed by atoms with Gasteiger partial charge in [0.25, 0.3) is 0 Å². The van der Waals surface area contributed by atoms with Crippen LogP contribution in [-0.2, 0) is 4.74 Å². The van der Waals surface area contributed by atoms with E-state index >= 15 is 0 Å². The maximum Gasteiger partial charge on any atom is 0.122 e. The van der Waals surface area contributed by atoms with Crippen LogP contribution in [0.25, 0.3) is 0 Å². The van der Waals surface area contributed by atoms with Gasteiger partial charge in [-0.3, -0.25) is 0 Å². The largest absolute Gasteiger partial charge is 0.378 e. The molecule has 0 aromatic rings. The molecule has 1 N–H and O–H groups in total. The highest BCUT2D eigenvalue weighted by Gasteiger charge is 2.30. The van der Waals surface area contributed by atoms with E-state index in [0.717, 1.165) is 6.54 Å². The topological polar surface area (TPSA) is 21.3 Å². The lowest BCUT2D eigenvalue weighted by Gasteiger charge is -2.31. The van der Waals surface area contributed by atoms with E-state index in [1.165, 1.54) is 0 Å². The van der Waals surface area contributed by atoms with E-state index in [2.05, 4.69) is 5.32 Å². The Kier molecular flexibility index (Phi) is 2.26. The van der Waals surface area contributed by atoms with Gasteiger partial charge in [-0.1, -0.05) is 0 Å². The number of ether oxygens (including phenoxy) is 1. The number of morpholine rings is 1. The molecule has 1 unspecified atom stereocenters. The van der Waals surface area contributed by atoms with Gasteiger partial charge in [0, 0.05) is 6.54 Å². The van der Waals surface area contributed by atoms with Crippen molar-refractivity contribution < 1.29 is 9.13 Å². The minimum Gasteiger partial charge on any atom is -0.378 e. The molecule has 1 atom stereocenters. The zero-order chi connectivity index (χ0) is 7.61. The van der Waals surface area contributed by atoms with Crippen LogP contribution < -0.4 is 5.32 Å². The zero-order valence-corrected chi connectivity index (χ0v) is 6.48. The summed E-state index contributed by atoms with van der Waals surface area (Å²) in [5.41, 5.74) is -1.17. The normalized spacial score (nSPS) is 28.5. The molecule has 0 aromatic heterocycles. The Balaban J connectivity index is 2.39. The van der Waals surface area contributed by atoms with Gasteiger partial charge in [0.15, 0.2) is 0 Å². The molecule has 0 spiro atoms. The van der Waals surface area contributed by atoms with Crippen LogP contribution in [0.3, 0.4) is 0 Å². The predicted molar refractivity (Wildman–Crippen MR) is 37.8 cm³/mol. The lowest BCUT2D eigenvalue weighted by molar-refractivity contribution is 0.0172. The summed E-state index contributed by atoms with van der Waals surface area (Å²) < 4.78 is 18.2. The van der Waals surface area contributed by atoms with Gasteiger partial charge in [0.1, 0.15) is 5.67 Å². The Hall–Kier alpha value is -0.150. The standard InChI is InChI=1S/C7H14FNO/c1-7(2,8)6-5-10-4-3-9-6/h6,9H,3-5H2,1-2H3. The van der Waals surface area contributed by atoms with E-state index in [0.29, 0.717) is 13.2 Å². The average molecular weight is 147 g/mol. The van der Waals surface area contributed by atoms with Gasteiger partial charge in [-0.15, -0.1) is 0 Å². The summed E-state index contributed by atoms with van der Waals surface area (Å²) in [5, 5.41) is 3.06. The summed E-state index contributed by atoms with van der Waals surface area (Å²) in [6.07, 6.45) is 0. The van der Waals surface area contributed by atoms with Crippen LogP contribution in [0.1, 0.15) is 13.8 Å². The average Bonchev–Trinajstić information content (AvgIpc) is 1.88. The Morgan fingerprint density at radius 3 is 2.60 bits per heavy atom. The molecule has 0 bridgehead atoms. The fourth-order valence-corrected chi connectivity index (χ4v) is 1.01. The second-order valence-electron chi connectivity index (χ2n) is 3.15. The van der Waals surface area contributed by atoms with Crippen molar-refractivity contribution in [1.29, 1.82) is 0 Å². The Morgan fingerprint density at radius 1 is 1.60 bits per heavy atom. The minimum atomic E-state index is -1.17. The molecule has 1 fully saturated rings. The van der Waals surface area contributed by atoms with Crippen molar-refractivity contribution in [3.05, 3.63) is 0 Å². The molecule has 3 heteroatoms. The number of rotatable bonds is 1. The molecular weight excluding hydrogens is 133 g/mol. The molecule has 10 heavy (non-hydrogen) atoms. The number of hydrogen-bond acceptors (Lipinski definition) is 2. The van der Waals surface area contributed by atoms with Crippen molar-refractivity contribution in [2.24, 2.45) is 0 Å². The van der Waals surface area contributed by atoms with Crippen molar-refractivity contribution in [1.82, 2.24) is 5.32 Å². The number of alkyl halides is 1. The molecule has 1 aliphatic rings. The van der Waals surface area contributed by atoms with Crippen molar-refractivity contribution in [2.75, 3.05) is 19.8 Å². The molecule has 2 nitrogen and oxygen atoms in total. The van der Waals surface area contributed by atoms with Gasteiger partial charge in [0.05, 0.1) is 19.3 Å². The van der Waals surface area contributed by atoms with Gasteiger partial charge in [-0.05, 0) is 13.8 Å². The number of nitrogens with one attached hydrogen (secondary N) is 1. The molecule has 0 radical (unpaired) electrons. The van der Waals surface area contributed by atoms with Gasteiger partial charge in [-0.25, -0.2) is 4.39 Å². The van der Waals surface area contributed by atoms with Crippen LogP contribution in [0.15, 0.2) is 0 Å². The van der Waals surface area contributed by atoms with E-state index in [1.54, 1.807) is 13.8 Å². The van der Waals surface area contributed by atoms with Crippen molar-refractivity contribution in [3.63, 3.8) is 0 Å². The van der Waals surface area contributed by atoms with E-state index in [9.17, 15) is 4.39 Å². The van der Waals surface area contributed by atoms with Crippen LogP contribution >= 0.6 is 0 Å². The molecule has 1 aliphatic heterocycles. The third-order valence-electron chi connectivity index (χ3n) is 1.75. The lowest BCUT2D eigenvalue weighted by Crippen LogP contribution is -2.51. The fourth-order valence-electron chi connectivity index (χ4n) is 1.01. The maximum absolute atomic E-state index is 13.1. The second kappa shape index (κ2) is 2.84. The van der Waals surface area contributed by atoms with E-state index in [4.69, 9.17) is 4.74 Å². The Morgan fingerprint density at radius 2 is 2.30 bits per heavy atom. The van der Waals surface area contributed by atoms with Crippen LogP contribution in [0.4, 0.5) is 4.39 Å². The number of hydrogen-bond donors (Lipinski definition) is 1. The van der Waals surface area contributed by atoms with Crippen molar-refractivity contribution in [2.45, 2.75) is 25.6 Å². The van der Waals surface area contributed by atoms with Gasteiger partial charge >= 0.3 is 0 Å². The van der Waals surface area contributed by atoms with E-state index in [1.807, 2.05) is 0 Å². The fraction of sp³-hybridized carbons (Fsp3) is 1.00. The lowest BCUT2D eigenvalue weighted by atomic mass is 10.0. The smallest absolute Gasteiger partial charge is 0.122 e. The summed E-state index contributed by atoms with van der Waals surface area (Å²) >= 11 is 0. The van der Waals surface area contributed by atoms with Crippen molar-refractivity contribution >= 4 is 0 Å². The molecule has 1 heterocycles. The third kappa shape index (κ3) is 1.92. The molecule has 1 rings (SSSR count). The monoisotopic (exact) mass is 147 g/mol. The van der Waals surface area contributed by atoms with E-state index in [-0.39, 0.29) is 6.04 Å². The first kappa shape index (κ1) is 7.95. The van der Waals surface area contributed by atoms with Crippen LogP contribution in [0.2, 0.25) is 0 Å². The van der Waals surface area contributed by atoms with E-state index < -0.39 is 5.67 Å². The minimum absolute atomic E-state index is 0.138. The highest BCUT2D eigenvalue weighted by molar-refractivity contribution is 4.85. The molecular formula is C7H14FNO. The SMILES string of the molecule is CC(C)(F)C1COCCN1. The number of halogens is 1. The maximum atomic E-state index is 13.1. The molecule has 60 valence electrons. The first-order chi connectivity index (χ1) is 4.61. The summed E-state index contributed by atoms with van der Waals surface area (Å²) in [5.74, 6) is 0. The summed E-state index contributed by atoms with van der Waals surface area (Å²) in [6.45, 7) is 5.09. The second-order valence-corrected chi connectivity index (χ2v) is 3.15. The Labute approximate surface area is 60.8 Å². The van der Waals surface area contributed by atoms with Crippen LogP contribution in [0, 0.1) is 0 Å². The van der Waals surface area contributed by atoms with Crippen LogP contribution in [0.5, 0.6) is 0 Å². The quantitative estimate of drug-likeness (QED) is 0.590. The first-order valence-corrected chi connectivity index (χ1v) is 3.61. The Bertz CT molecular complexity index is 105. The zero-order valence-electron chi connectivity index (χ0n) is 6.48. The third-order valence-corrected chi connectivity index (χ3v) is 1.75. The predicted octanol–water partition coefficient (Wildman–Crippen LogP) is 0.723. The van der Waals surface area contributed by atoms with Gasteiger partial charge in [0.2, 0.25) is 0 Å². The van der Waals surface area contributed by atoms with Crippen molar-refractivity contribution in [3.8, 4) is 0 Å².